The number of hydrogen-bond donors (Lipinski definition) is 1. The number of aldehydes is 1. The fourth-order valence-corrected chi connectivity index (χ4v) is 1.71. The molecule has 4 nitrogen and oxygen atoms in total. The summed E-state index contributed by atoms with van der Waals surface area (Å²) in [6.45, 7) is 0. The Hall–Kier alpha value is -1.42. The topological polar surface area (TPSA) is 55.8 Å². The molecule has 0 saturated heterocycles. The molecule has 1 N–H and O–H groups in total. The van der Waals surface area contributed by atoms with Gasteiger partial charge in [-0.1, -0.05) is 11.6 Å². The Labute approximate surface area is 98.7 Å². The van der Waals surface area contributed by atoms with Crippen LogP contribution in [0, 0.1) is 0 Å². The zero-order valence-corrected chi connectivity index (χ0v) is 9.87. The minimum atomic E-state index is -0.0753. The highest BCUT2D eigenvalue weighted by atomic mass is 35.5. The average Bonchev–Trinajstić information content (AvgIpc) is 2.28. The summed E-state index contributed by atoms with van der Waals surface area (Å²) in [5.41, 5.74) is 0.492. The van der Waals surface area contributed by atoms with Gasteiger partial charge in [0.25, 0.3) is 0 Å². The number of phenolic OH excluding ortho intramolecular Hbond substituents is 1. The van der Waals surface area contributed by atoms with E-state index in [1.165, 1.54) is 14.2 Å². The zero-order valence-electron chi connectivity index (χ0n) is 9.12. The molecular weight excluding hydrogens is 232 g/mol. The molecule has 1 aromatic rings. The lowest BCUT2D eigenvalue weighted by Crippen LogP contribution is -1.96. The van der Waals surface area contributed by atoms with Crippen molar-refractivity contribution < 1.29 is 19.4 Å². The van der Waals surface area contributed by atoms with E-state index in [1.54, 1.807) is 6.07 Å². The number of methoxy groups -OCH3 is 2. The molecule has 0 heterocycles. The second kappa shape index (κ2) is 5.61. The third-order valence-corrected chi connectivity index (χ3v) is 2.54. The second-order valence-electron chi connectivity index (χ2n) is 3.13. The van der Waals surface area contributed by atoms with Gasteiger partial charge in [0.2, 0.25) is 5.75 Å². The molecule has 0 saturated carbocycles. The summed E-state index contributed by atoms with van der Waals surface area (Å²) in [6.07, 6.45) is 1.43. The summed E-state index contributed by atoms with van der Waals surface area (Å²) in [4.78, 5) is 10.3. The number of rotatable bonds is 5. The van der Waals surface area contributed by atoms with Gasteiger partial charge in [-0.3, -0.25) is 0 Å². The van der Waals surface area contributed by atoms with Crippen molar-refractivity contribution in [2.24, 2.45) is 0 Å². The highest BCUT2D eigenvalue weighted by molar-refractivity contribution is 6.31. The number of benzene rings is 1. The van der Waals surface area contributed by atoms with Gasteiger partial charge in [-0.15, -0.1) is 0 Å². The fourth-order valence-electron chi connectivity index (χ4n) is 1.42. The van der Waals surface area contributed by atoms with Crippen LogP contribution in [0.3, 0.4) is 0 Å². The van der Waals surface area contributed by atoms with Gasteiger partial charge in [0, 0.05) is 18.1 Å². The molecule has 0 aromatic heterocycles. The average molecular weight is 245 g/mol. The van der Waals surface area contributed by atoms with E-state index in [-0.39, 0.29) is 11.5 Å². The van der Waals surface area contributed by atoms with Crippen LogP contribution in [0.4, 0.5) is 0 Å². The molecule has 0 atom stereocenters. The summed E-state index contributed by atoms with van der Waals surface area (Å²) >= 11 is 5.97. The lowest BCUT2D eigenvalue weighted by Gasteiger charge is -2.13. The zero-order chi connectivity index (χ0) is 12.1. The van der Waals surface area contributed by atoms with Crippen LogP contribution in [0.2, 0.25) is 5.02 Å². The van der Waals surface area contributed by atoms with Crippen LogP contribution >= 0.6 is 11.6 Å². The first kappa shape index (κ1) is 12.6. The number of aromatic hydroxyl groups is 1. The summed E-state index contributed by atoms with van der Waals surface area (Å²) in [7, 11) is 2.88. The first-order valence-corrected chi connectivity index (χ1v) is 5.09. The van der Waals surface area contributed by atoms with E-state index in [9.17, 15) is 9.90 Å². The molecule has 0 amide bonds. The minimum Gasteiger partial charge on any atom is -0.504 e. The van der Waals surface area contributed by atoms with E-state index in [0.29, 0.717) is 29.2 Å². The van der Waals surface area contributed by atoms with Gasteiger partial charge in [0.15, 0.2) is 11.5 Å². The normalized spacial score (nSPS) is 9.94. The van der Waals surface area contributed by atoms with Crippen LogP contribution in [0.15, 0.2) is 6.07 Å². The molecule has 0 spiro atoms. The van der Waals surface area contributed by atoms with Gasteiger partial charge in [0.05, 0.1) is 19.2 Å². The van der Waals surface area contributed by atoms with Crippen molar-refractivity contribution in [3.05, 3.63) is 16.7 Å². The number of hydrogen-bond acceptors (Lipinski definition) is 4. The number of carbonyl (C=O) groups is 1. The molecule has 16 heavy (non-hydrogen) atoms. The molecule has 0 bridgehead atoms. The molecule has 5 heteroatoms. The van der Waals surface area contributed by atoms with Crippen LogP contribution in [0.5, 0.6) is 17.2 Å². The maximum absolute atomic E-state index is 10.3. The Morgan fingerprint density at radius 1 is 1.44 bits per heavy atom. The number of phenols is 1. The van der Waals surface area contributed by atoms with Crippen LogP contribution in [0.25, 0.3) is 0 Å². The lowest BCUT2D eigenvalue weighted by molar-refractivity contribution is -0.107. The SMILES string of the molecule is COc1cc(Cl)c(CCC=O)c(O)c1OC. The summed E-state index contributed by atoms with van der Waals surface area (Å²) in [6, 6.07) is 1.56. The van der Waals surface area contributed by atoms with Crippen molar-refractivity contribution in [2.75, 3.05) is 14.2 Å². The Morgan fingerprint density at radius 2 is 2.12 bits per heavy atom. The van der Waals surface area contributed by atoms with Gasteiger partial charge < -0.3 is 19.4 Å². The molecule has 1 rings (SSSR count). The van der Waals surface area contributed by atoms with E-state index in [1.807, 2.05) is 0 Å². The van der Waals surface area contributed by atoms with E-state index in [0.717, 1.165) is 6.29 Å². The highest BCUT2D eigenvalue weighted by Gasteiger charge is 2.17. The Balaban J connectivity index is 3.23. The first-order valence-electron chi connectivity index (χ1n) is 4.71. The highest BCUT2D eigenvalue weighted by Crippen LogP contribution is 2.43. The number of ether oxygens (including phenoxy) is 2. The van der Waals surface area contributed by atoms with Crippen molar-refractivity contribution in [2.45, 2.75) is 12.8 Å². The largest absolute Gasteiger partial charge is 0.504 e. The van der Waals surface area contributed by atoms with Crippen molar-refractivity contribution in [1.82, 2.24) is 0 Å². The fraction of sp³-hybridized carbons (Fsp3) is 0.364. The molecule has 0 radical (unpaired) electrons. The molecule has 88 valence electrons. The smallest absolute Gasteiger partial charge is 0.203 e. The van der Waals surface area contributed by atoms with Crippen LogP contribution in [0.1, 0.15) is 12.0 Å². The Kier molecular flexibility index (Phi) is 4.43. The first-order chi connectivity index (χ1) is 7.65. The molecule has 1 aromatic carbocycles. The van der Waals surface area contributed by atoms with Gasteiger partial charge in [-0.05, 0) is 6.42 Å². The second-order valence-corrected chi connectivity index (χ2v) is 3.53. The standard InChI is InChI=1S/C11H13ClO4/c1-15-9-6-8(12)7(4-3-5-13)10(14)11(9)16-2/h5-6,14H,3-4H2,1-2H3. The summed E-state index contributed by atoms with van der Waals surface area (Å²) < 4.78 is 10.0. The summed E-state index contributed by atoms with van der Waals surface area (Å²) in [5.74, 6) is 0.515. The van der Waals surface area contributed by atoms with Gasteiger partial charge >= 0.3 is 0 Å². The van der Waals surface area contributed by atoms with Crippen molar-refractivity contribution in [1.29, 1.82) is 0 Å². The molecule has 0 aliphatic heterocycles. The monoisotopic (exact) mass is 244 g/mol. The Morgan fingerprint density at radius 3 is 2.62 bits per heavy atom. The van der Waals surface area contributed by atoms with E-state index in [2.05, 4.69) is 0 Å². The van der Waals surface area contributed by atoms with Crippen molar-refractivity contribution >= 4 is 17.9 Å². The van der Waals surface area contributed by atoms with Crippen LogP contribution in [-0.4, -0.2) is 25.6 Å². The molecular formula is C11H13ClO4. The molecule has 0 aliphatic rings. The maximum atomic E-state index is 10.3. The van der Waals surface area contributed by atoms with E-state index < -0.39 is 0 Å². The number of carbonyl (C=O) groups excluding carboxylic acids is 1. The quantitative estimate of drug-likeness (QED) is 0.807. The third-order valence-electron chi connectivity index (χ3n) is 2.21. The van der Waals surface area contributed by atoms with E-state index >= 15 is 0 Å². The Bertz CT molecular complexity index is 390. The van der Waals surface area contributed by atoms with Gasteiger partial charge in [-0.25, -0.2) is 0 Å². The van der Waals surface area contributed by atoms with Crippen molar-refractivity contribution in [3.8, 4) is 17.2 Å². The molecule has 0 unspecified atom stereocenters. The summed E-state index contributed by atoms with van der Waals surface area (Å²) in [5, 5.41) is 10.3. The lowest BCUT2D eigenvalue weighted by atomic mass is 10.1. The predicted octanol–water partition coefficient (Wildman–Crippen LogP) is 2.19. The van der Waals surface area contributed by atoms with E-state index in [4.69, 9.17) is 21.1 Å². The molecule has 0 fully saturated rings. The number of halogens is 1. The van der Waals surface area contributed by atoms with Gasteiger partial charge in [-0.2, -0.15) is 0 Å². The third kappa shape index (κ3) is 2.39. The van der Waals surface area contributed by atoms with Crippen LogP contribution < -0.4 is 9.47 Å². The minimum absolute atomic E-state index is 0.0753. The van der Waals surface area contributed by atoms with Crippen LogP contribution in [-0.2, 0) is 11.2 Å². The maximum Gasteiger partial charge on any atom is 0.203 e. The van der Waals surface area contributed by atoms with Crippen molar-refractivity contribution in [3.63, 3.8) is 0 Å². The predicted molar refractivity (Wildman–Crippen MR) is 60.6 cm³/mol. The molecule has 0 aliphatic carbocycles. The van der Waals surface area contributed by atoms with Gasteiger partial charge in [0.1, 0.15) is 6.29 Å².